The molecule has 0 bridgehead atoms. The Morgan fingerprint density at radius 1 is 0.0875 bits per heavy atom. The van der Waals surface area contributed by atoms with Gasteiger partial charge in [-0.25, -0.2) is 0 Å². The van der Waals surface area contributed by atoms with Gasteiger partial charge in [0.05, 0.1) is 0 Å². The van der Waals surface area contributed by atoms with E-state index in [1.165, 1.54) is 0 Å². The Morgan fingerprint density at radius 2 is 0.0875 bits per heavy atom. The van der Waals surface area contributed by atoms with Crippen LogP contribution in [-0.2, 0) is 238 Å². The summed E-state index contributed by atoms with van der Waals surface area (Å²) in [7, 11) is -77.5. The van der Waals surface area contributed by atoms with Crippen LogP contribution in [0.25, 0.3) is 0 Å². The molecule has 0 aliphatic rings. The van der Waals surface area contributed by atoms with Gasteiger partial charge in [0, 0.05) is 156 Å². The average molecular weight is 1730 g/mol. The van der Waals surface area contributed by atoms with E-state index in [1.807, 2.05) is 0 Å². The monoisotopic (exact) mass is 1730 g/mol. The van der Waals surface area contributed by atoms with E-state index in [1.54, 1.807) is 0 Å². The largest absolute Gasteiger partial charge is 2.00 e. The maximum Gasteiger partial charge on any atom is 2.00 e. The van der Waals surface area contributed by atoms with E-state index in [0.717, 1.165) is 0 Å². The topological polar surface area (TPSA) is 1200 Å². The molecular weight excluding hydrogens is 1730 g/mol. The Balaban J connectivity index is -0.0000000267. The maximum absolute atomic E-state index is 8.52. The summed E-state index contributed by atoms with van der Waals surface area (Å²) in [5.74, 6) is 0. The SMILES string of the molecule is O=S(=O)([O-])[O-].O=S(=O)([O-])[O-].O=S(=O)([O-])[O-].O=S(=O)([O-])[O-].O=S(=O)([O-])[O-].O=S(=O)([O-])[O-].O=S(=O)([O-])[O-].O=S(=O)([O-])[O-].O=S(=O)([O-])[O-].O=S(=O)([O-])[O-].O=S(=O)([O-])[O-].O=S(=O)([O-])[O-].O=S(=O)([O-])[O-].O=S(=O)([O-])[O-].O=S(=O)([O-])[O-].[Ni+2].[Ni+2].[Ni+2].[Ni+2].[Ni+2]. The molecule has 80 heteroatoms. The van der Waals surface area contributed by atoms with Gasteiger partial charge in [-0.2, -0.15) is 0 Å². The predicted molar refractivity (Wildman–Crippen MR) is 157 cm³/mol. The first kappa shape index (κ1) is 139. The van der Waals surface area contributed by atoms with Crippen LogP contribution < -0.4 is 0 Å². The van der Waals surface area contributed by atoms with Crippen LogP contribution in [0.2, 0.25) is 0 Å². The van der Waals surface area contributed by atoms with Crippen molar-refractivity contribution >= 4 is 156 Å². The van der Waals surface area contributed by atoms with Gasteiger partial charge in [-0.3, -0.25) is 126 Å². The third-order valence-electron chi connectivity index (χ3n) is 0. The van der Waals surface area contributed by atoms with Crippen LogP contribution in [0.5, 0.6) is 0 Å². The Kier molecular flexibility index (Phi) is 104. The van der Waals surface area contributed by atoms with Gasteiger partial charge < -0.3 is 137 Å². The summed E-state index contributed by atoms with van der Waals surface area (Å²) >= 11 is 0. The van der Waals surface area contributed by atoms with Crippen molar-refractivity contribution < 1.29 is 345 Å². The van der Waals surface area contributed by atoms with Crippen molar-refractivity contribution in [2.75, 3.05) is 0 Å². The van der Waals surface area contributed by atoms with Gasteiger partial charge in [0.25, 0.3) is 0 Å². The second-order valence-electron chi connectivity index (χ2n) is 6.12. The summed E-state index contributed by atoms with van der Waals surface area (Å²) in [6.45, 7) is 0. The molecule has 0 aromatic carbocycles. The molecule has 0 amide bonds. The first-order valence-corrected chi connectivity index (χ1v) is 30.0. The molecule has 0 aromatic heterocycles. The van der Waals surface area contributed by atoms with Crippen molar-refractivity contribution in [2.24, 2.45) is 0 Å². The quantitative estimate of drug-likeness (QED) is 0.123. The molecule has 80 heavy (non-hydrogen) atoms. The molecule has 0 aliphatic carbocycles. The zero-order chi connectivity index (χ0) is 67.5. The van der Waals surface area contributed by atoms with Crippen LogP contribution in [0, 0.1) is 0 Å². The van der Waals surface area contributed by atoms with Gasteiger partial charge >= 0.3 is 82.5 Å². The molecule has 0 N–H and O–H groups in total. The van der Waals surface area contributed by atoms with E-state index in [0.29, 0.717) is 0 Å². The molecule has 0 atom stereocenters. The molecule has 0 rings (SSSR count). The van der Waals surface area contributed by atoms with Crippen LogP contribution in [0.1, 0.15) is 0 Å². The number of hydrogen-bond acceptors (Lipinski definition) is 60. The molecular formula is Ni5O60S15-20. The Hall–Kier alpha value is 0.518. The fraction of sp³-hybridized carbons (Fsp3) is 0. The van der Waals surface area contributed by atoms with Gasteiger partial charge in [0.1, 0.15) is 0 Å². The van der Waals surface area contributed by atoms with Gasteiger partial charge in [0.2, 0.25) is 0 Å². The van der Waals surface area contributed by atoms with Crippen molar-refractivity contribution in [2.45, 2.75) is 0 Å². The minimum atomic E-state index is -5.17. The Labute approximate surface area is 496 Å². The zero-order valence-electron chi connectivity index (χ0n) is 32.2. The average Bonchev–Trinajstić information content (AvgIpc) is 2.65. The van der Waals surface area contributed by atoms with Gasteiger partial charge in [-0.05, 0) is 0 Å². The summed E-state index contributed by atoms with van der Waals surface area (Å²) in [6, 6.07) is 0. The third-order valence-corrected chi connectivity index (χ3v) is 0. The second-order valence-corrected chi connectivity index (χ2v) is 18.4. The van der Waals surface area contributed by atoms with E-state index < -0.39 is 156 Å². The number of rotatable bonds is 0. The summed E-state index contributed by atoms with van der Waals surface area (Å²) in [5, 5.41) is 0. The summed E-state index contributed by atoms with van der Waals surface area (Å²) in [4.78, 5) is 0. The maximum atomic E-state index is 8.52. The van der Waals surface area contributed by atoms with Crippen LogP contribution in [0.15, 0.2) is 0 Å². The summed E-state index contributed by atoms with van der Waals surface area (Å²) in [5.41, 5.74) is 0. The standard InChI is InChI=1S/5Ni.15H2O4S/c;;;;;15*1-5(2,3)4/h;;;;;15*(H2,1,2,3,4)/q5*+2;;;;;;;;;;;;;;;/p-30. The van der Waals surface area contributed by atoms with Crippen LogP contribution in [0.3, 0.4) is 0 Å². The van der Waals surface area contributed by atoms with Gasteiger partial charge in [-0.1, -0.05) is 0 Å². The van der Waals surface area contributed by atoms with Crippen LogP contribution in [-0.4, -0.2) is 263 Å². The molecule has 0 saturated carbocycles. The molecule has 0 heterocycles. The smallest absolute Gasteiger partial charge is 0.759 e. The molecule has 0 aliphatic heterocycles. The fourth-order valence-electron chi connectivity index (χ4n) is 0. The van der Waals surface area contributed by atoms with E-state index in [4.69, 9.17) is 263 Å². The molecule has 0 radical (unpaired) electrons. The third kappa shape index (κ3) is 1760000. The normalized spacial score (nSPS) is 10.9. The van der Waals surface area contributed by atoms with Crippen molar-refractivity contribution in [1.29, 1.82) is 0 Å². The summed E-state index contributed by atoms with van der Waals surface area (Å²) < 4.78 is 511. The van der Waals surface area contributed by atoms with Crippen molar-refractivity contribution in [1.82, 2.24) is 0 Å². The minimum absolute atomic E-state index is 0. The summed E-state index contributed by atoms with van der Waals surface area (Å²) in [6.07, 6.45) is 0. The second kappa shape index (κ2) is 59.8. The molecule has 0 aromatic rings. The molecule has 0 saturated heterocycles. The predicted octanol–water partition coefficient (Wildman–Crippen LogP) is -20.1. The molecule has 520 valence electrons. The van der Waals surface area contributed by atoms with E-state index in [2.05, 4.69) is 0 Å². The Morgan fingerprint density at radius 3 is 0.0875 bits per heavy atom. The van der Waals surface area contributed by atoms with Gasteiger partial charge in [0.15, 0.2) is 0 Å². The van der Waals surface area contributed by atoms with E-state index in [-0.39, 0.29) is 82.5 Å². The van der Waals surface area contributed by atoms with E-state index >= 15 is 0 Å². The van der Waals surface area contributed by atoms with Crippen LogP contribution in [0.4, 0.5) is 0 Å². The minimum Gasteiger partial charge on any atom is -0.759 e. The number of hydrogen-bond donors (Lipinski definition) is 0. The molecule has 60 nitrogen and oxygen atoms in total. The fourth-order valence-corrected chi connectivity index (χ4v) is 0. The van der Waals surface area contributed by atoms with Crippen molar-refractivity contribution in [3.8, 4) is 0 Å². The van der Waals surface area contributed by atoms with Crippen molar-refractivity contribution in [3.63, 3.8) is 0 Å². The molecule has 0 fully saturated rings. The first-order chi connectivity index (χ1) is 30.0. The molecule has 0 unspecified atom stereocenters. The molecule has 0 spiro atoms. The van der Waals surface area contributed by atoms with E-state index in [9.17, 15) is 0 Å². The zero-order valence-corrected chi connectivity index (χ0v) is 49.4. The van der Waals surface area contributed by atoms with Gasteiger partial charge in [-0.15, -0.1) is 0 Å². The Bertz CT molecular complexity index is 2210. The first-order valence-electron chi connectivity index (χ1n) is 10.00. The van der Waals surface area contributed by atoms with Crippen molar-refractivity contribution in [3.05, 3.63) is 0 Å². The van der Waals surface area contributed by atoms with Crippen LogP contribution >= 0.6 is 0 Å².